The van der Waals surface area contributed by atoms with Crippen LogP contribution in [0.15, 0.2) is 59.0 Å². The van der Waals surface area contributed by atoms with E-state index in [1.165, 1.54) is 0 Å². The molecule has 3 aromatic rings. The third-order valence-electron chi connectivity index (χ3n) is 3.12. The third kappa shape index (κ3) is 2.54. The Kier molecular flexibility index (Phi) is 3.05. The van der Waals surface area contributed by atoms with Gasteiger partial charge in [0, 0.05) is 10.9 Å². The summed E-state index contributed by atoms with van der Waals surface area (Å²) >= 11 is 0. The molecule has 0 radical (unpaired) electrons. The molecule has 0 atom stereocenters. The number of benzene rings is 2. The largest absolute Gasteiger partial charge is 0.453 e. The smallest absolute Gasteiger partial charge is 0.416 e. The van der Waals surface area contributed by atoms with E-state index in [-0.39, 0.29) is 11.3 Å². The fraction of sp³-hybridized carbons (Fsp3) is 0.0625. The molecule has 0 aliphatic carbocycles. The van der Waals surface area contributed by atoms with Gasteiger partial charge in [0.25, 0.3) is 0 Å². The monoisotopic (exact) mass is 290 g/mol. The maximum atomic E-state index is 12.5. The van der Waals surface area contributed by atoms with Crippen molar-refractivity contribution >= 4 is 16.8 Å². The Labute approximate surface area is 117 Å². The molecule has 1 heterocycles. The first-order chi connectivity index (χ1) is 9.95. The van der Waals surface area contributed by atoms with Crippen LogP contribution in [-0.4, -0.2) is 5.78 Å². The number of alkyl halides is 3. The van der Waals surface area contributed by atoms with E-state index in [4.69, 9.17) is 4.42 Å². The van der Waals surface area contributed by atoms with Gasteiger partial charge in [0.2, 0.25) is 5.78 Å². The lowest BCUT2D eigenvalue weighted by Gasteiger charge is -2.06. The molecule has 3 rings (SSSR count). The molecular weight excluding hydrogens is 281 g/mol. The van der Waals surface area contributed by atoms with Crippen molar-refractivity contribution in [3.8, 4) is 0 Å². The van der Waals surface area contributed by atoms with Crippen LogP contribution in [0.25, 0.3) is 11.0 Å². The van der Waals surface area contributed by atoms with Gasteiger partial charge in [0.15, 0.2) is 5.76 Å². The van der Waals surface area contributed by atoms with Gasteiger partial charge in [0.1, 0.15) is 5.58 Å². The number of rotatable bonds is 2. The summed E-state index contributed by atoms with van der Waals surface area (Å²) in [5.74, 6) is -0.337. The van der Waals surface area contributed by atoms with Gasteiger partial charge >= 0.3 is 6.18 Å². The van der Waals surface area contributed by atoms with Crippen LogP contribution in [0.4, 0.5) is 13.2 Å². The quantitative estimate of drug-likeness (QED) is 0.641. The molecule has 2 aromatic carbocycles. The maximum Gasteiger partial charge on any atom is 0.416 e. The molecule has 0 bridgehead atoms. The third-order valence-corrected chi connectivity index (χ3v) is 3.12. The fourth-order valence-electron chi connectivity index (χ4n) is 2.05. The summed E-state index contributed by atoms with van der Waals surface area (Å²) in [5, 5.41) is 0.771. The molecule has 0 spiro atoms. The molecule has 106 valence electrons. The second-order valence-corrected chi connectivity index (χ2v) is 4.55. The molecule has 5 heteroatoms. The molecule has 0 aliphatic heterocycles. The highest BCUT2D eigenvalue weighted by molar-refractivity contribution is 6.08. The molecule has 0 amide bonds. The van der Waals surface area contributed by atoms with E-state index in [9.17, 15) is 18.0 Å². The van der Waals surface area contributed by atoms with Crippen molar-refractivity contribution in [2.45, 2.75) is 6.18 Å². The highest BCUT2D eigenvalue weighted by Gasteiger charge is 2.30. The topological polar surface area (TPSA) is 30.2 Å². The van der Waals surface area contributed by atoms with Gasteiger partial charge < -0.3 is 4.42 Å². The van der Waals surface area contributed by atoms with Crippen molar-refractivity contribution in [3.63, 3.8) is 0 Å². The van der Waals surface area contributed by atoms with Crippen LogP contribution in [0.2, 0.25) is 0 Å². The molecule has 2 nitrogen and oxygen atoms in total. The average Bonchev–Trinajstić information content (AvgIpc) is 2.89. The highest BCUT2D eigenvalue weighted by Crippen LogP contribution is 2.29. The first-order valence-electron chi connectivity index (χ1n) is 6.16. The molecular formula is C16H9F3O2. The SMILES string of the molecule is O=C(c1ccc(C(F)(F)F)cc1)c1cc2ccccc2o1. The molecule has 0 saturated carbocycles. The number of hydrogen-bond donors (Lipinski definition) is 0. The normalized spacial score (nSPS) is 11.8. The molecule has 0 N–H and O–H groups in total. The lowest BCUT2D eigenvalue weighted by atomic mass is 10.1. The van der Waals surface area contributed by atoms with E-state index in [0.717, 1.165) is 29.7 Å². The van der Waals surface area contributed by atoms with Crippen LogP contribution in [-0.2, 0) is 6.18 Å². The second-order valence-electron chi connectivity index (χ2n) is 4.55. The van der Waals surface area contributed by atoms with Gasteiger partial charge in [-0.3, -0.25) is 4.79 Å². The first-order valence-corrected chi connectivity index (χ1v) is 6.16. The number of halogens is 3. The van der Waals surface area contributed by atoms with Crippen LogP contribution in [0.1, 0.15) is 21.7 Å². The number of carbonyl (C=O) groups excluding carboxylic acids is 1. The maximum absolute atomic E-state index is 12.5. The number of para-hydroxylation sites is 1. The Morgan fingerprint density at radius 3 is 2.24 bits per heavy atom. The van der Waals surface area contributed by atoms with Crippen LogP contribution >= 0.6 is 0 Å². The summed E-state index contributed by atoms with van der Waals surface area (Å²) in [6, 6.07) is 12.8. The second kappa shape index (κ2) is 4.77. The van der Waals surface area contributed by atoms with E-state index in [1.807, 2.05) is 6.07 Å². The van der Waals surface area contributed by atoms with Crippen LogP contribution in [0.3, 0.4) is 0 Å². The zero-order valence-electron chi connectivity index (χ0n) is 10.6. The van der Waals surface area contributed by atoms with E-state index in [0.29, 0.717) is 5.58 Å². The van der Waals surface area contributed by atoms with E-state index < -0.39 is 17.5 Å². The van der Waals surface area contributed by atoms with Gasteiger partial charge in [-0.1, -0.05) is 30.3 Å². The van der Waals surface area contributed by atoms with Crippen molar-refractivity contribution in [2.24, 2.45) is 0 Å². The Hall–Kier alpha value is -2.56. The van der Waals surface area contributed by atoms with E-state index in [2.05, 4.69) is 0 Å². The summed E-state index contributed by atoms with van der Waals surface area (Å²) in [4.78, 5) is 12.2. The Balaban J connectivity index is 1.94. The Morgan fingerprint density at radius 1 is 0.952 bits per heavy atom. The van der Waals surface area contributed by atoms with Crippen LogP contribution in [0, 0.1) is 0 Å². The molecule has 0 fully saturated rings. The van der Waals surface area contributed by atoms with Crippen molar-refractivity contribution in [3.05, 3.63) is 71.5 Å². The van der Waals surface area contributed by atoms with Crippen LogP contribution < -0.4 is 0 Å². The van der Waals surface area contributed by atoms with Crippen molar-refractivity contribution in [2.75, 3.05) is 0 Å². The summed E-state index contributed by atoms with van der Waals surface area (Å²) < 4.78 is 42.8. The summed E-state index contributed by atoms with van der Waals surface area (Å²) in [6.45, 7) is 0. The van der Waals surface area contributed by atoms with Gasteiger partial charge in [-0.15, -0.1) is 0 Å². The number of carbonyl (C=O) groups is 1. The number of furan rings is 1. The first kappa shape index (κ1) is 13.4. The van der Waals surface area contributed by atoms with Gasteiger partial charge in [-0.05, 0) is 24.3 Å². The zero-order chi connectivity index (χ0) is 15.0. The number of ketones is 1. The van der Waals surface area contributed by atoms with E-state index in [1.54, 1.807) is 24.3 Å². The van der Waals surface area contributed by atoms with Crippen molar-refractivity contribution in [1.82, 2.24) is 0 Å². The Morgan fingerprint density at radius 2 is 1.62 bits per heavy atom. The standard InChI is InChI=1S/C16H9F3O2/c17-16(18,19)12-7-5-10(6-8-12)15(20)14-9-11-3-1-2-4-13(11)21-14/h1-9H. The minimum absolute atomic E-state index is 0.107. The van der Waals surface area contributed by atoms with E-state index >= 15 is 0 Å². The van der Waals surface area contributed by atoms with Crippen molar-refractivity contribution in [1.29, 1.82) is 0 Å². The molecule has 0 unspecified atom stereocenters. The van der Waals surface area contributed by atoms with Gasteiger partial charge in [-0.25, -0.2) is 0 Å². The summed E-state index contributed by atoms with van der Waals surface area (Å²) in [6.07, 6.45) is -4.42. The number of fused-ring (bicyclic) bond motifs is 1. The van der Waals surface area contributed by atoms with Crippen molar-refractivity contribution < 1.29 is 22.4 Å². The molecule has 21 heavy (non-hydrogen) atoms. The van der Waals surface area contributed by atoms with Crippen LogP contribution in [0.5, 0.6) is 0 Å². The molecule has 1 aromatic heterocycles. The predicted octanol–water partition coefficient (Wildman–Crippen LogP) is 4.68. The Bertz CT molecular complexity index is 765. The number of hydrogen-bond acceptors (Lipinski definition) is 2. The summed E-state index contributed by atoms with van der Waals surface area (Å²) in [5.41, 5.74) is -0.0709. The molecule has 0 aliphatic rings. The highest BCUT2D eigenvalue weighted by atomic mass is 19.4. The average molecular weight is 290 g/mol. The van der Waals surface area contributed by atoms with Gasteiger partial charge in [-0.2, -0.15) is 13.2 Å². The van der Waals surface area contributed by atoms with Gasteiger partial charge in [0.05, 0.1) is 5.56 Å². The summed E-state index contributed by atoms with van der Waals surface area (Å²) in [7, 11) is 0. The lowest BCUT2D eigenvalue weighted by Crippen LogP contribution is -2.06. The minimum Gasteiger partial charge on any atom is -0.453 e. The predicted molar refractivity (Wildman–Crippen MR) is 71.1 cm³/mol. The molecule has 0 saturated heterocycles. The zero-order valence-corrected chi connectivity index (χ0v) is 10.6. The lowest BCUT2D eigenvalue weighted by molar-refractivity contribution is -0.137. The fourth-order valence-corrected chi connectivity index (χ4v) is 2.05. The minimum atomic E-state index is -4.42.